The second kappa shape index (κ2) is 4.62. The number of allylic oxidation sites excluding steroid dienone is 1. The Hall–Kier alpha value is -1.77. The largest absolute Gasteiger partial charge is 0.508 e. The number of rotatable bonds is 2. The second-order valence-corrected chi connectivity index (χ2v) is 4.31. The maximum Gasteiger partial charge on any atom is 0.331 e. The van der Waals surface area contributed by atoms with Crippen molar-refractivity contribution in [2.24, 2.45) is 0 Å². The number of aryl methyl sites for hydroxylation is 1. The van der Waals surface area contributed by atoms with E-state index in [1.54, 1.807) is 12.1 Å². The number of carboxylic acid groups (broad SMARTS) is 1. The Morgan fingerprint density at radius 3 is 2.76 bits per heavy atom. The zero-order valence-corrected chi connectivity index (χ0v) is 9.86. The summed E-state index contributed by atoms with van der Waals surface area (Å²) in [6, 6.07) is 5.20. The van der Waals surface area contributed by atoms with Gasteiger partial charge in [-0.2, -0.15) is 0 Å². The molecule has 0 saturated heterocycles. The van der Waals surface area contributed by atoms with E-state index in [-0.39, 0.29) is 5.75 Å². The van der Waals surface area contributed by atoms with Crippen LogP contribution in [0.4, 0.5) is 0 Å². The summed E-state index contributed by atoms with van der Waals surface area (Å²) in [6.07, 6.45) is 3.20. The SMILES string of the molecule is CCC(C(=O)O)=C1CCCc2cc(O)ccc21. The van der Waals surface area contributed by atoms with E-state index in [1.807, 2.05) is 13.0 Å². The van der Waals surface area contributed by atoms with Crippen LogP contribution >= 0.6 is 0 Å². The highest BCUT2D eigenvalue weighted by molar-refractivity contribution is 5.97. The highest BCUT2D eigenvalue weighted by Gasteiger charge is 2.20. The van der Waals surface area contributed by atoms with Crippen molar-refractivity contribution in [3.63, 3.8) is 0 Å². The third kappa shape index (κ3) is 2.18. The van der Waals surface area contributed by atoms with Gasteiger partial charge in [0, 0.05) is 5.57 Å². The molecule has 3 heteroatoms. The summed E-state index contributed by atoms with van der Waals surface area (Å²) in [5, 5.41) is 18.6. The molecule has 0 amide bonds. The van der Waals surface area contributed by atoms with Gasteiger partial charge in [0.25, 0.3) is 0 Å². The number of phenols is 1. The zero-order chi connectivity index (χ0) is 12.4. The number of phenolic OH excluding ortho intramolecular Hbond substituents is 1. The molecule has 0 aliphatic heterocycles. The Morgan fingerprint density at radius 2 is 2.12 bits per heavy atom. The Labute approximate surface area is 100 Å². The van der Waals surface area contributed by atoms with Gasteiger partial charge in [-0.15, -0.1) is 0 Å². The third-order valence-electron chi connectivity index (χ3n) is 3.26. The van der Waals surface area contributed by atoms with Crippen LogP contribution in [0.15, 0.2) is 23.8 Å². The molecule has 90 valence electrons. The first-order valence-electron chi connectivity index (χ1n) is 5.91. The minimum atomic E-state index is -0.830. The molecule has 17 heavy (non-hydrogen) atoms. The lowest BCUT2D eigenvalue weighted by atomic mass is 9.84. The lowest BCUT2D eigenvalue weighted by Gasteiger charge is -2.21. The monoisotopic (exact) mass is 232 g/mol. The fourth-order valence-electron chi connectivity index (χ4n) is 2.48. The quantitative estimate of drug-likeness (QED) is 0.771. The van der Waals surface area contributed by atoms with Gasteiger partial charge < -0.3 is 10.2 Å². The number of benzene rings is 1. The van der Waals surface area contributed by atoms with E-state index in [9.17, 15) is 15.0 Å². The molecule has 0 unspecified atom stereocenters. The zero-order valence-electron chi connectivity index (χ0n) is 9.86. The first-order valence-corrected chi connectivity index (χ1v) is 5.91. The van der Waals surface area contributed by atoms with Crippen molar-refractivity contribution in [2.75, 3.05) is 0 Å². The van der Waals surface area contributed by atoms with Gasteiger partial charge in [-0.25, -0.2) is 4.79 Å². The van der Waals surface area contributed by atoms with Crippen LogP contribution in [0.5, 0.6) is 5.75 Å². The van der Waals surface area contributed by atoms with Crippen LogP contribution in [0.1, 0.15) is 37.3 Å². The van der Waals surface area contributed by atoms with Crippen LogP contribution in [0.25, 0.3) is 5.57 Å². The predicted molar refractivity (Wildman–Crippen MR) is 65.9 cm³/mol. The number of hydrogen-bond donors (Lipinski definition) is 2. The summed E-state index contributed by atoms with van der Waals surface area (Å²) < 4.78 is 0. The van der Waals surface area contributed by atoms with Crippen LogP contribution in [0.3, 0.4) is 0 Å². The molecule has 2 rings (SSSR count). The van der Waals surface area contributed by atoms with Crippen molar-refractivity contribution < 1.29 is 15.0 Å². The molecule has 1 aliphatic carbocycles. The first-order chi connectivity index (χ1) is 8.13. The number of hydrogen-bond acceptors (Lipinski definition) is 2. The molecule has 3 nitrogen and oxygen atoms in total. The average Bonchev–Trinajstić information content (AvgIpc) is 2.29. The van der Waals surface area contributed by atoms with Gasteiger partial charge >= 0.3 is 5.97 Å². The maximum atomic E-state index is 11.2. The van der Waals surface area contributed by atoms with Gasteiger partial charge in [-0.3, -0.25) is 0 Å². The summed E-state index contributed by atoms with van der Waals surface area (Å²) in [6.45, 7) is 1.87. The van der Waals surface area contributed by atoms with Crippen molar-refractivity contribution >= 4 is 11.5 Å². The summed E-state index contributed by atoms with van der Waals surface area (Å²) in [7, 11) is 0. The van der Waals surface area contributed by atoms with Gasteiger partial charge in [0.1, 0.15) is 5.75 Å². The molecule has 0 heterocycles. The highest BCUT2D eigenvalue weighted by atomic mass is 16.4. The minimum Gasteiger partial charge on any atom is -0.508 e. The highest BCUT2D eigenvalue weighted by Crippen LogP contribution is 2.35. The van der Waals surface area contributed by atoms with Crippen LogP contribution in [-0.4, -0.2) is 16.2 Å². The molecule has 1 aromatic carbocycles. The molecule has 0 radical (unpaired) electrons. The van der Waals surface area contributed by atoms with E-state index in [1.165, 1.54) is 0 Å². The van der Waals surface area contributed by atoms with Crippen LogP contribution < -0.4 is 0 Å². The maximum absolute atomic E-state index is 11.2. The summed E-state index contributed by atoms with van der Waals surface area (Å²) in [5.74, 6) is -0.582. The fourth-order valence-corrected chi connectivity index (χ4v) is 2.48. The molecule has 1 aliphatic rings. The smallest absolute Gasteiger partial charge is 0.331 e. The van der Waals surface area contributed by atoms with Crippen molar-refractivity contribution in [3.8, 4) is 5.75 Å². The number of aliphatic carboxylic acids is 1. The Bertz CT molecular complexity index is 486. The topological polar surface area (TPSA) is 57.5 Å². The van der Waals surface area contributed by atoms with Gasteiger partial charge in [0.2, 0.25) is 0 Å². The van der Waals surface area contributed by atoms with Crippen LogP contribution in [0.2, 0.25) is 0 Å². The lowest BCUT2D eigenvalue weighted by Crippen LogP contribution is -2.09. The van der Waals surface area contributed by atoms with Crippen molar-refractivity contribution in [1.29, 1.82) is 0 Å². The predicted octanol–water partition coefficient (Wildman–Crippen LogP) is 2.98. The summed E-state index contributed by atoms with van der Waals surface area (Å²) in [4.78, 5) is 11.2. The molecule has 1 aromatic rings. The van der Waals surface area contributed by atoms with Crippen molar-refractivity contribution in [3.05, 3.63) is 34.9 Å². The fraction of sp³-hybridized carbons (Fsp3) is 0.357. The summed E-state index contributed by atoms with van der Waals surface area (Å²) >= 11 is 0. The van der Waals surface area contributed by atoms with Gasteiger partial charge in [0.05, 0.1) is 0 Å². The van der Waals surface area contributed by atoms with Crippen LogP contribution in [-0.2, 0) is 11.2 Å². The molecule has 0 spiro atoms. The minimum absolute atomic E-state index is 0.248. The van der Waals surface area contributed by atoms with E-state index in [0.717, 1.165) is 36.0 Å². The molecule has 0 aromatic heterocycles. The Balaban J connectivity index is 2.58. The number of carbonyl (C=O) groups is 1. The van der Waals surface area contributed by atoms with Crippen molar-refractivity contribution in [1.82, 2.24) is 0 Å². The first kappa shape index (κ1) is 11.7. The molecule has 2 N–H and O–H groups in total. The van der Waals surface area contributed by atoms with E-state index >= 15 is 0 Å². The number of aromatic hydroxyl groups is 1. The van der Waals surface area contributed by atoms with E-state index < -0.39 is 5.97 Å². The van der Waals surface area contributed by atoms with Crippen molar-refractivity contribution in [2.45, 2.75) is 32.6 Å². The van der Waals surface area contributed by atoms with E-state index in [4.69, 9.17) is 0 Å². The normalized spacial score (nSPS) is 17.5. The molecular weight excluding hydrogens is 216 g/mol. The molecular formula is C14H16O3. The number of fused-ring (bicyclic) bond motifs is 1. The van der Waals surface area contributed by atoms with Crippen LogP contribution in [0, 0.1) is 0 Å². The van der Waals surface area contributed by atoms with Gasteiger partial charge in [-0.05, 0) is 54.5 Å². The lowest BCUT2D eigenvalue weighted by molar-refractivity contribution is -0.132. The molecule has 0 fully saturated rings. The Morgan fingerprint density at radius 1 is 1.35 bits per heavy atom. The molecule has 0 atom stereocenters. The molecule has 0 bridgehead atoms. The third-order valence-corrected chi connectivity index (χ3v) is 3.26. The summed E-state index contributed by atoms with van der Waals surface area (Å²) in [5.41, 5.74) is 3.48. The van der Waals surface area contributed by atoms with E-state index in [2.05, 4.69) is 0 Å². The number of carboxylic acids is 1. The van der Waals surface area contributed by atoms with Gasteiger partial charge in [0.15, 0.2) is 0 Å². The average molecular weight is 232 g/mol. The standard InChI is InChI=1S/C14H16O3/c1-2-11(14(16)17)13-5-3-4-9-8-10(15)6-7-12(9)13/h6-8,15H,2-5H2,1H3,(H,16,17). The van der Waals surface area contributed by atoms with E-state index in [0.29, 0.717) is 12.0 Å². The molecule has 0 saturated carbocycles. The van der Waals surface area contributed by atoms with Gasteiger partial charge in [-0.1, -0.05) is 13.0 Å². The second-order valence-electron chi connectivity index (χ2n) is 4.31. The Kier molecular flexibility index (Phi) is 3.18.